The first-order chi connectivity index (χ1) is 9.58. The molecule has 2 rings (SSSR count). The SMILES string of the molecule is CC1CC(C(=O)NCCCS(C)=O)c2ccccc2N1. The number of benzene rings is 1. The van der Waals surface area contributed by atoms with Crippen LogP contribution in [0.5, 0.6) is 0 Å². The van der Waals surface area contributed by atoms with E-state index in [4.69, 9.17) is 0 Å². The number of rotatable bonds is 5. The molecule has 1 aromatic rings. The van der Waals surface area contributed by atoms with Gasteiger partial charge in [-0.2, -0.15) is 0 Å². The highest BCUT2D eigenvalue weighted by Crippen LogP contribution is 2.33. The van der Waals surface area contributed by atoms with E-state index in [0.29, 0.717) is 18.3 Å². The lowest BCUT2D eigenvalue weighted by Crippen LogP contribution is -2.36. The molecule has 1 amide bonds. The van der Waals surface area contributed by atoms with E-state index in [9.17, 15) is 9.00 Å². The van der Waals surface area contributed by atoms with Crippen LogP contribution >= 0.6 is 0 Å². The van der Waals surface area contributed by atoms with Crippen LogP contribution in [0.4, 0.5) is 5.69 Å². The molecular weight excluding hydrogens is 272 g/mol. The monoisotopic (exact) mass is 294 g/mol. The van der Waals surface area contributed by atoms with Gasteiger partial charge in [0, 0.05) is 41.1 Å². The molecule has 110 valence electrons. The third-order valence-electron chi connectivity index (χ3n) is 3.55. The molecule has 1 aliphatic heterocycles. The zero-order chi connectivity index (χ0) is 14.5. The van der Waals surface area contributed by atoms with Crippen molar-refractivity contribution in [3.63, 3.8) is 0 Å². The predicted octanol–water partition coefficient (Wildman–Crippen LogP) is 1.86. The Balaban J connectivity index is 1.97. The number of nitrogens with one attached hydrogen (secondary N) is 2. The summed E-state index contributed by atoms with van der Waals surface area (Å²) in [7, 11) is -0.788. The number of carbonyl (C=O) groups excluding carboxylic acids is 1. The van der Waals surface area contributed by atoms with Crippen molar-refractivity contribution in [1.29, 1.82) is 0 Å². The zero-order valence-corrected chi connectivity index (χ0v) is 12.8. The summed E-state index contributed by atoms with van der Waals surface area (Å²) >= 11 is 0. The molecule has 20 heavy (non-hydrogen) atoms. The van der Waals surface area contributed by atoms with Crippen molar-refractivity contribution in [2.75, 3.05) is 23.9 Å². The minimum Gasteiger partial charge on any atom is -0.382 e. The van der Waals surface area contributed by atoms with E-state index in [1.54, 1.807) is 6.26 Å². The number of carbonyl (C=O) groups is 1. The molecule has 4 nitrogen and oxygen atoms in total. The van der Waals surface area contributed by atoms with Gasteiger partial charge in [-0.1, -0.05) is 18.2 Å². The van der Waals surface area contributed by atoms with Crippen LogP contribution in [0.25, 0.3) is 0 Å². The lowest BCUT2D eigenvalue weighted by Gasteiger charge is -2.30. The second kappa shape index (κ2) is 6.88. The standard InChI is InChI=1S/C15H22N2O2S/c1-11-10-13(12-6-3-4-7-14(12)17-11)15(18)16-8-5-9-20(2)19/h3-4,6-7,11,13,17H,5,8-10H2,1-2H3,(H,16,18). The Morgan fingerprint density at radius 3 is 2.95 bits per heavy atom. The van der Waals surface area contributed by atoms with Crippen molar-refractivity contribution >= 4 is 22.4 Å². The van der Waals surface area contributed by atoms with Crippen LogP contribution < -0.4 is 10.6 Å². The maximum absolute atomic E-state index is 12.3. The molecular formula is C15H22N2O2S. The Morgan fingerprint density at radius 2 is 2.20 bits per heavy atom. The van der Waals surface area contributed by atoms with Crippen molar-refractivity contribution in [3.05, 3.63) is 29.8 Å². The minimum atomic E-state index is -0.788. The Kier molecular flexibility index (Phi) is 5.17. The summed E-state index contributed by atoms with van der Waals surface area (Å²) in [6, 6.07) is 8.28. The fourth-order valence-electron chi connectivity index (χ4n) is 2.60. The third kappa shape index (κ3) is 3.82. The second-order valence-corrected chi connectivity index (χ2v) is 6.90. The lowest BCUT2D eigenvalue weighted by molar-refractivity contribution is -0.122. The van der Waals surface area contributed by atoms with E-state index < -0.39 is 10.8 Å². The summed E-state index contributed by atoms with van der Waals surface area (Å²) in [5.74, 6) is 0.627. The average Bonchev–Trinajstić information content (AvgIpc) is 2.42. The number of fused-ring (bicyclic) bond motifs is 1. The van der Waals surface area contributed by atoms with Crippen LogP contribution in [0.3, 0.4) is 0 Å². The summed E-state index contributed by atoms with van der Waals surface area (Å²) in [5.41, 5.74) is 2.13. The minimum absolute atomic E-state index is 0.0766. The molecule has 0 saturated carbocycles. The molecule has 1 aromatic carbocycles. The van der Waals surface area contributed by atoms with E-state index in [1.807, 2.05) is 24.3 Å². The molecule has 0 bridgehead atoms. The van der Waals surface area contributed by atoms with E-state index in [-0.39, 0.29) is 11.8 Å². The predicted molar refractivity (Wildman–Crippen MR) is 83.4 cm³/mol. The van der Waals surface area contributed by atoms with E-state index in [2.05, 4.69) is 17.6 Å². The Labute approximate surface area is 122 Å². The summed E-state index contributed by atoms with van der Waals surface area (Å²) in [4.78, 5) is 12.3. The van der Waals surface area contributed by atoms with Gasteiger partial charge in [0.2, 0.25) is 5.91 Å². The molecule has 5 heteroatoms. The highest BCUT2D eigenvalue weighted by atomic mass is 32.2. The summed E-state index contributed by atoms with van der Waals surface area (Å²) in [6.07, 6.45) is 3.26. The quantitative estimate of drug-likeness (QED) is 0.815. The smallest absolute Gasteiger partial charge is 0.227 e. The van der Waals surface area contributed by atoms with Crippen LogP contribution in [-0.4, -0.2) is 34.7 Å². The van der Waals surface area contributed by atoms with Crippen molar-refractivity contribution in [1.82, 2.24) is 5.32 Å². The van der Waals surface area contributed by atoms with E-state index in [1.165, 1.54) is 0 Å². The summed E-state index contributed by atoms with van der Waals surface area (Å²) < 4.78 is 11.0. The van der Waals surface area contributed by atoms with Crippen LogP contribution in [0.2, 0.25) is 0 Å². The first kappa shape index (κ1) is 15.0. The van der Waals surface area contributed by atoms with Crippen LogP contribution in [0.15, 0.2) is 24.3 Å². The Bertz CT molecular complexity index is 504. The molecule has 0 spiro atoms. The van der Waals surface area contributed by atoms with Gasteiger partial charge in [-0.05, 0) is 31.4 Å². The molecule has 0 radical (unpaired) electrons. The summed E-state index contributed by atoms with van der Waals surface area (Å²) in [5, 5.41) is 6.37. The highest BCUT2D eigenvalue weighted by Gasteiger charge is 2.29. The molecule has 3 atom stereocenters. The Morgan fingerprint density at radius 1 is 1.45 bits per heavy atom. The Hall–Kier alpha value is -1.36. The number of hydrogen-bond acceptors (Lipinski definition) is 3. The van der Waals surface area contributed by atoms with Crippen LogP contribution in [0, 0.1) is 0 Å². The number of hydrogen-bond donors (Lipinski definition) is 2. The maximum atomic E-state index is 12.3. The molecule has 0 aromatic heterocycles. The van der Waals surface area contributed by atoms with Crippen molar-refractivity contribution in [3.8, 4) is 0 Å². The van der Waals surface area contributed by atoms with Gasteiger partial charge < -0.3 is 10.6 Å². The van der Waals surface area contributed by atoms with Crippen molar-refractivity contribution < 1.29 is 9.00 Å². The van der Waals surface area contributed by atoms with E-state index in [0.717, 1.165) is 24.1 Å². The van der Waals surface area contributed by atoms with Gasteiger partial charge in [0.25, 0.3) is 0 Å². The first-order valence-corrected chi connectivity index (χ1v) is 8.74. The van der Waals surface area contributed by atoms with Gasteiger partial charge in [-0.3, -0.25) is 9.00 Å². The summed E-state index contributed by atoms with van der Waals surface area (Å²) in [6.45, 7) is 2.69. The van der Waals surface area contributed by atoms with Gasteiger partial charge in [-0.15, -0.1) is 0 Å². The highest BCUT2D eigenvalue weighted by molar-refractivity contribution is 7.84. The number of anilines is 1. The molecule has 0 saturated heterocycles. The zero-order valence-electron chi connectivity index (χ0n) is 12.0. The van der Waals surface area contributed by atoms with Crippen molar-refractivity contribution in [2.45, 2.75) is 31.7 Å². The molecule has 1 aliphatic rings. The van der Waals surface area contributed by atoms with E-state index >= 15 is 0 Å². The normalized spacial score (nSPS) is 22.5. The third-order valence-corrected chi connectivity index (χ3v) is 4.42. The molecule has 3 unspecified atom stereocenters. The van der Waals surface area contributed by atoms with Gasteiger partial charge in [0.15, 0.2) is 0 Å². The van der Waals surface area contributed by atoms with Gasteiger partial charge in [0.1, 0.15) is 0 Å². The van der Waals surface area contributed by atoms with Gasteiger partial charge >= 0.3 is 0 Å². The fourth-order valence-corrected chi connectivity index (χ4v) is 3.15. The van der Waals surface area contributed by atoms with Gasteiger partial charge in [-0.25, -0.2) is 0 Å². The van der Waals surface area contributed by atoms with Gasteiger partial charge in [0.05, 0.1) is 5.92 Å². The first-order valence-electron chi connectivity index (χ1n) is 7.01. The van der Waals surface area contributed by atoms with Crippen LogP contribution in [-0.2, 0) is 15.6 Å². The van der Waals surface area contributed by atoms with Crippen molar-refractivity contribution in [2.24, 2.45) is 0 Å². The largest absolute Gasteiger partial charge is 0.382 e. The molecule has 2 N–H and O–H groups in total. The lowest BCUT2D eigenvalue weighted by atomic mass is 9.87. The number of para-hydroxylation sites is 1. The molecule has 0 fully saturated rings. The number of amides is 1. The second-order valence-electron chi connectivity index (χ2n) is 5.34. The molecule has 0 aliphatic carbocycles. The fraction of sp³-hybridized carbons (Fsp3) is 0.533. The maximum Gasteiger partial charge on any atom is 0.227 e. The molecule has 1 heterocycles. The average molecular weight is 294 g/mol. The topological polar surface area (TPSA) is 58.2 Å². The van der Waals surface area contributed by atoms with Crippen LogP contribution in [0.1, 0.15) is 31.2 Å².